The molecule has 0 spiro atoms. The zero-order valence-electron chi connectivity index (χ0n) is 17.9. The van der Waals surface area contributed by atoms with Gasteiger partial charge >= 0.3 is 6.03 Å². The fourth-order valence-electron chi connectivity index (χ4n) is 3.53. The second-order valence-corrected chi connectivity index (χ2v) is 10.7. The Bertz CT molecular complexity index is 1260. The summed E-state index contributed by atoms with van der Waals surface area (Å²) in [5.74, 6) is -0.621. The Morgan fingerprint density at radius 1 is 1.06 bits per heavy atom. The van der Waals surface area contributed by atoms with Crippen molar-refractivity contribution in [2.24, 2.45) is 0 Å². The van der Waals surface area contributed by atoms with Crippen LogP contribution < -0.4 is 5.32 Å². The van der Waals surface area contributed by atoms with E-state index in [-0.39, 0.29) is 4.90 Å². The average Bonchev–Trinajstić information content (AvgIpc) is 3.41. The van der Waals surface area contributed by atoms with Crippen molar-refractivity contribution in [1.82, 2.24) is 14.2 Å². The molecule has 2 heterocycles. The van der Waals surface area contributed by atoms with Crippen LogP contribution in [0.2, 0.25) is 0 Å². The molecule has 0 atom stereocenters. The lowest BCUT2D eigenvalue weighted by Crippen LogP contribution is -2.48. The second-order valence-electron chi connectivity index (χ2n) is 7.84. The van der Waals surface area contributed by atoms with E-state index in [1.807, 2.05) is 32.0 Å². The summed E-state index contributed by atoms with van der Waals surface area (Å²) < 4.78 is 28.2. The van der Waals surface area contributed by atoms with Gasteiger partial charge < -0.3 is 10.2 Å². The molecule has 0 saturated carbocycles. The summed E-state index contributed by atoms with van der Waals surface area (Å²) in [5, 5.41) is 3.01. The van der Waals surface area contributed by atoms with Crippen LogP contribution in [0.3, 0.4) is 0 Å². The van der Waals surface area contributed by atoms with E-state index in [2.05, 4.69) is 10.3 Å². The van der Waals surface area contributed by atoms with Crippen molar-refractivity contribution >= 4 is 48.6 Å². The van der Waals surface area contributed by atoms with Gasteiger partial charge in [-0.15, -0.1) is 0 Å². The third kappa shape index (κ3) is 4.61. The molecule has 0 bridgehead atoms. The predicted molar refractivity (Wildman–Crippen MR) is 124 cm³/mol. The molecule has 1 aliphatic rings. The number of nitrogens with one attached hydrogen (secondary N) is 1. The van der Waals surface area contributed by atoms with Crippen molar-refractivity contribution in [3.63, 3.8) is 0 Å². The summed E-state index contributed by atoms with van der Waals surface area (Å²) in [6, 6.07) is 11.3. The molecule has 0 aliphatic carbocycles. The van der Waals surface area contributed by atoms with Gasteiger partial charge in [-0.25, -0.2) is 22.5 Å². The van der Waals surface area contributed by atoms with E-state index in [4.69, 9.17) is 0 Å². The number of nitrogens with zero attached hydrogens (tertiary/aromatic N) is 3. The fraction of sp³-hybridized carbons (Fsp3) is 0.318. The zero-order chi connectivity index (χ0) is 22.9. The van der Waals surface area contributed by atoms with Crippen LogP contribution in [0.5, 0.6) is 0 Å². The predicted octanol–water partition coefficient (Wildman–Crippen LogP) is 3.76. The first-order valence-electron chi connectivity index (χ1n) is 10.3. The third-order valence-corrected chi connectivity index (χ3v) is 7.94. The Morgan fingerprint density at radius 2 is 1.72 bits per heavy atom. The highest BCUT2D eigenvalue weighted by molar-refractivity contribution is 7.89. The molecule has 1 N–H and O–H groups in total. The van der Waals surface area contributed by atoms with Gasteiger partial charge in [0.15, 0.2) is 5.13 Å². The number of sulfonamides is 1. The first-order chi connectivity index (χ1) is 15.2. The van der Waals surface area contributed by atoms with Crippen LogP contribution in [-0.4, -0.2) is 54.2 Å². The maximum Gasteiger partial charge on any atom is 0.334 e. The van der Waals surface area contributed by atoms with Crippen molar-refractivity contribution < 1.29 is 18.0 Å². The maximum absolute atomic E-state index is 13.3. The third-order valence-electron chi connectivity index (χ3n) is 5.28. The van der Waals surface area contributed by atoms with Gasteiger partial charge in [0.25, 0.3) is 10.0 Å². The molecule has 0 radical (unpaired) electrons. The minimum absolute atomic E-state index is 0.0288. The second kappa shape index (κ2) is 8.87. The lowest BCUT2D eigenvalue weighted by atomic mass is 10.2. The molecule has 0 unspecified atom stereocenters. The molecule has 1 fully saturated rings. The van der Waals surface area contributed by atoms with E-state index < -0.39 is 28.5 Å². The molecule has 32 heavy (non-hydrogen) atoms. The Labute approximate surface area is 190 Å². The first kappa shape index (κ1) is 22.2. The van der Waals surface area contributed by atoms with Crippen LogP contribution in [0.1, 0.15) is 24.0 Å². The van der Waals surface area contributed by atoms with Crippen molar-refractivity contribution in [3.8, 4) is 0 Å². The highest BCUT2D eigenvalue weighted by Gasteiger charge is 2.35. The van der Waals surface area contributed by atoms with Crippen molar-refractivity contribution in [3.05, 3.63) is 53.6 Å². The van der Waals surface area contributed by atoms with Gasteiger partial charge in [-0.3, -0.25) is 4.79 Å². The molecular formula is C22H24N4O4S2. The molecule has 4 rings (SSSR count). The average molecular weight is 473 g/mol. The molecule has 1 aromatic heterocycles. The number of amides is 3. The number of urea groups is 1. The monoisotopic (exact) mass is 472 g/mol. The molecular weight excluding hydrogens is 448 g/mol. The first-order valence-corrected chi connectivity index (χ1v) is 12.5. The normalized spacial score (nSPS) is 14.0. The number of benzene rings is 2. The topological polar surface area (TPSA) is 99.7 Å². The van der Waals surface area contributed by atoms with Crippen LogP contribution in [0, 0.1) is 13.8 Å². The molecule has 168 valence electrons. The molecule has 1 aliphatic heterocycles. The minimum Gasteiger partial charge on any atom is -0.324 e. The minimum atomic E-state index is -4.21. The van der Waals surface area contributed by atoms with E-state index in [1.165, 1.54) is 28.4 Å². The molecule has 2 aromatic carbocycles. The summed E-state index contributed by atoms with van der Waals surface area (Å²) in [4.78, 5) is 31.7. The lowest BCUT2D eigenvalue weighted by Gasteiger charge is -2.27. The van der Waals surface area contributed by atoms with Gasteiger partial charge in [-0.1, -0.05) is 35.1 Å². The number of carbonyl (C=O) groups is 2. The number of hydrogen-bond donors (Lipinski definition) is 1. The maximum atomic E-state index is 13.3. The number of carbonyl (C=O) groups excluding carboxylic acids is 2. The Hall–Kier alpha value is -2.98. The highest BCUT2D eigenvalue weighted by atomic mass is 32.2. The van der Waals surface area contributed by atoms with E-state index in [1.54, 1.807) is 12.1 Å². The molecule has 10 heteroatoms. The van der Waals surface area contributed by atoms with Crippen LogP contribution >= 0.6 is 11.3 Å². The smallest absolute Gasteiger partial charge is 0.324 e. The number of likely N-dealkylation sites (tertiary alicyclic amines) is 1. The quantitative estimate of drug-likeness (QED) is 0.610. The molecule has 8 nitrogen and oxygen atoms in total. The number of rotatable bonds is 5. The van der Waals surface area contributed by atoms with Gasteiger partial charge in [0.1, 0.15) is 6.54 Å². The summed E-state index contributed by atoms with van der Waals surface area (Å²) in [6.07, 6.45) is 1.61. The molecule has 1 saturated heterocycles. The highest BCUT2D eigenvalue weighted by Crippen LogP contribution is 2.27. The Balaban J connectivity index is 1.59. The number of fused-ring (bicyclic) bond motifs is 1. The van der Waals surface area contributed by atoms with Crippen molar-refractivity contribution in [2.45, 2.75) is 31.6 Å². The number of aromatic nitrogens is 1. The summed E-state index contributed by atoms with van der Waals surface area (Å²) in [6.45, 7) is 4.13. The largest absolute Gasteiger partial charge is 0.334 e. The standard InChI is InChI=1S/C22H24N4O4S2/c1-15-5-8-17(9-6-15)32(29,30)26(22(28)25-11-3-4-12-25)14-20(27)24-21-23-18-10-7-16(2)13-19(18)31-21/h5-10,13H,3-4,11-12,14H2,1-2H3,(H,23,24,27). The fourth-order valence-corrected chi connectivity index (χ4v) is 5.86. The van der Waals surface area contributed by atoms with E-state index in [9.17, 15) is 18.0 Å². The van der Waals surface area contributed by atoms with Gasteiger partial charge in [0.2, 0.25) is 5.91 Å². The number of anilines is 1. The SMILES string of the molecule is Cc1ccc(S(=O)(=O)N(CC(=O)Nc2nc3ccc(C)cc3s2)C(=O)N2CCCC2)cc1. The van der Waals surface area contributed by atoms with Gasteiger partial charge in [0, 0.05) is 13.1 Å². The number of thiazole rings is 1. The van der Waals surface area contributed by atoms with Gasteiger partial charge in [0.05, 0.1) is 15.1 Å². The molecule has 3 amide bonds. The van der Waals surface area contributed by atoms with Crippen LogP contribution in [0.25, 0.3) is 10.2 Å². The number of hydrogen-bond acceptors (Lipinski definition) is 6. The van der Waals surface area contributed by atoms with Crippen molar-refractivity contribution in [2.75, 3.05) is 25.0 Å². The van der Waals surface area contributed by atoms with Crippen LogP contribution in [-0.2, 0) is 14.8 Å². The Morgan fingerprint density at radius 3 is 2.41 bits per heavy atom. The van der Waals surface area contributed by atoms with Crippen molar-refractivity contribution in [1.29, 1.82) is 0 Å². The van der Waals surface area contributed by atoms with E-state index in [0.717, 1.165) is 34.2 Å². The summed E-state index contributed by atoms with van der Waals surface area (Å²) >= 11 is 1.30. The van der Waals surface area contributed by atoms with Gasteiger partial charge in [-0.05, 0) is 56.5 Å². The summed E-state index contributed by atoms with van der Waals surface area (Å²) in [5.41, 5.74) is 2.71. The lowest BCUT2D eigenvalue weighted by molar-refractivity contribution is -0.116. The van der Waals surface area contributed by atoms with Crippen LogP contribution in [0.4, 0.5) is 9.93 Å². The zero-order valence-corrected chi connectivity index (χ0v) is 19.5. The van der Waals surface area contributed by atoms with E-state index >= 15 is 0 Å². The van der Waals surface area contributed by atoms with E-state index in [0.29, 0.717) is 22.5 Å². The van der Waals surface area contributed by atoms with Crippen LogP contribution in [0.15, 0.2) is 47.4 Å². The number of aryl methyl sites for hydroxylation is 2. The Kier molecular flexibility index (Phi) is 6.16. The summed E-state index contributed by atoms with van der Waals surface area (Å²) in [7, 11) is -4.21. The molecule has 3 aromatic rings. The van der Waals surface area contributed by atoms with Gasteiger partial charge in [-0.2, -0.15) is 0 Å².